The van der Waals surface area contributed by atoms with Gasteiger partial charge in [-0.1, -0.05) is 0 Å². The van der Waals surface area contributed by atoms with Crippen molar-refractivity contribution in [3.63, 3.8) is 0 Å². The van der Waals surface area contributed by atoms with Crippen LogP contribution in [0.25, 0.3) is 11.0 Å². The van der Waals surface area contributed by atoms with Gasteiger partial charge < -0.3 is 9.67 Å². The topological polar surface area (TPSA) is 92.5 Å². The Kier molecular flexibility index (Phi) is 5.62. The second-order valence-electron chi connectivity index (χ2n) is 7.46. The molecule has 148 valence electrons. The fraction of sp³-hybridized carbons (Fsp3) is 0.350. The summed E-state index contributed by atoms with van der Waals surface area (Å²) in [6.45, 7) is 8.10. The van der Waals surface area contributed by atoms with Crippen LogP contribution >= 0.6 is 0 Å². The molecule has 0 aromatic carbocycles. The number of hydroxylamine groups is 1. The molecule has 0 fully saturated rings. The number of aromatic nitrogens is 3. The molecule has 8 nitrogen and oxygen atoms in total. The molecule has 1 unspecified atom stereocenters. The Morgan fingerprint density at radius 1 is 1.36 bits per heavy atom. The number of nitrogens with zero attached hydrogens (tertiary/aromatic N) is 4. The summed E-state index contributed by atoms with van der Waals surface area (Å²) < 4.78 is 1.86. The van der Waals surface area contributed by atoms with Crippen LogP contribution in [0, 0.1) is 6.92 Å². The lowest BCUT2D eigenvalue weighted by Crippen LogP contribution is -2.49. The van der Waals surface area contributed by atoms with E-state index in [1.165, 1.54) is 6.20 Å². The number of nitrogens with one attached hydrogen (secondary N) is 1. The second kappa shape index (κ2) is 7.95. The molecule has 8 heteroatoms. The van der Waals surface area contributed by atoms with Gasteiger partial charge in [0, 0.05) is 24.3 Å². The summed E-state index contributed by atoms with van der Waals surface area (Å²) >= 11 is 0. The molecule has 2 N–H and O–H groups in total. The number of amides is 1. The summed E-state index contributed by atoms with van der Waals surface area (Å²) in [7, 11) is 0. The van der Waals surface area contributed by atoms with Gasteiger partial charge in [-0.25, -0.2) is 9.97 Å². The van der Waals surface area contributed by atoms with E-state index in [0.717, 1.165) is 17.4 Å². The molecule has 3 rings (SSSR count). The van der Waals surface area contributed by atoms with Gasteiger partial charge in [-0.2, -0.15) is 5.48 Å². The summed E-state index contributed by atoms with van der Waals surface area (Å²) in [4.78, 5) is 27.5. The van der Waals surface area contributed by atoms with Crippen LogP contribution in [0.2, 0.25) is 0 Å². The lowest BCUT2D eigenvalue weighted by atomic mass is 10.1. The largest absolute Gasteiger partial charge is 0.506 e. The van der Waals surface area contributed by atoms with E-state index < -0.39 is 5.54 Å². The van der Waals surface area contributed by atoms with Gasteiger partial charge in [0.2, 0.25) is 6.41 Å². The van der Waals surface area contributed by atoms with Crippen molar-refractivity contribution < 1.29 is 14.7 Å². The fourth-order valence-electron chi connectivity index (χ4n) is 2.94. The van der Waals surface area contributed by atoms with Crippen molar-refractivity contribution in [2.45, 2.75) is 39.5 Å². The van der Waals surface area contributed by atoms with Crippen LogP contribution in [0.3, 0.4) is 0 Å². The molecular formula is C20H25N5O3. The molecule has 0 bridgehead atoms. The molecule has 3 heterocycles. The molecule has 3 aromatic rings. The molecular weight excluding hydrogens is 358 g/mol. The minimum absolute atomic E-state index is 0.122. The van der Waals surface area contributed by atoms with Gasteiger partial charge in [0.15, 0.2) is 6.23 Å². The zero-order valence-corrected chi connectivity index (χ0v) is 16.5. The van der Waals surface area contributed by atoms with Crippen molar-refractivity contribution in [1.82, 2.24) is 20.0 Å². The Hall–Kier alpha value is -2.97. The Bertz CT molecular complexity index is 969. The molecule has 0 radical (unpaired) electrons. The third kappa shape index (κ3) is 4.47. The Balaban J connectivity index is 1.67. The van der Waals surface area contributed by atoms with E-state index in [2.05, 4.69) is 15.4 Å². The van der Waals surface area contributed by atoms with Gasteiger partial charge in [0.25, 0.3) is 0 Å². The minimum Gasteiger partial charge on any atom is -0.506 e. The number of pyridine rings is 2. The maximum absolute atomic E-state index is 11.6. The van der Waals surface area contributed by atoms with Gasteiger partial charge in [-0.3, -0.25) is 14.5 Å². The van der Waals surface area contributed by atoms with Crippen molar-refractivity contribution in [2.24, 2.45) is 0 Å². The van der Waals surface area contributed by atoms with E-state index in [-0.39, 0.29) is 12.0 Å². The number of anilines is 1. The van der Waals surface area contributed by atoms with E-state index >= 15 is 0 Å². The van der Waals surface area contributed by atoms with Crippen LogP contribution in [0.1, 0.15) is 32.6 Å². The predicted octanol–water partition coefficient (Wildman–Crippen LogP) is 2.93. The van der Waals surface area contributed by atoms with Crippen molar-refractivity contribution >= 4 is 23.3 Å². The van der Waals surface area contributed by atoms with Crippen molar-refractivity contribution in [2.75, 3.05) is 11.4 Å². The van der Waals surface area contributed by atoms with Crippen LogP contribution in [0.4, 0.5) is 5.82 Å². The van der Waals surface area contributed by atoms with Crippen molar-refractivity contribution in [3.8, 4) is 5.75 Å². The molecule has 28 heavy (non-hydrogen) atoms. The number of carbonyl (C=O) groups excluding carboxylic acids is 1. The first-order chi connectivity index (χ1) is 13.3. The third-order valence-electron chi connectivity index (χ3n) is 4.33. The predicted molar refractivity (Wildman–Crippen MR) is 107 cm³/mol. The standard InChI is InChI=1S/C20H25N5O3/c1-14-5-7-21-18(9-14)24(13-26)12-20(3,4)23-28-15(2)25-8-6-16-10-17(27)11-22-19(16)25/h5-11,13,15,23,27H,12H2,1-4H3. The Labute approximate surface area is 163 Å². The molecule has 0 saturated heterocycles. The van der Waals surface area contributed by atoms with Crippen LogP contribution in [-0.4, -0.2) is 38.1 Å². The minimum atomic E-state index is -0.532. The van der Waals surface area contributed by atoms with Crippen LogP contribution in [0.15, 0.2) is 42.9 Å². The highest BCUT2D eigenvalue weighted by Crippen LogP contribution is 2.22. The van der Waals surface area contributed by atoms with Crippen LogP contribution in [-0.2, 0) is 9.63 Å². The number of aryl methyl sites for hydroxylation is 1. The molecule has 3 aromatic heterocycles. The van der Waals surface area contributed by atoms with Gasteiger partial charge in [-0.05, 0) is 57.5 Å². The van der Waals surface area contributed by atoms with Gasteiger partial charge in [0.05, 0.1) is 11.7 Å². The first kappa shape index (κ1) is 19.8. The van der Waals surface area contributed by atoms with E-state index in [0.29, 0.717) is 18.0 Å². The number of hydrogen-bond donors (Lipinski definition) is 2. The fourth-order valence-corrected chi connectivity index (χ4v) is 2.94. The number of hydrogen-bond acceptors (Lipinski definition) is 6. The van der Waals surface area contributed by atoms with E-state index in [9.17, 15) is 9.90 Å². The van der Waals surface area contributed by atoms with E-state index in [1.807, 2.05) is 56.7 Å². The lowest BCUT2D eigenvalue weighted by molar-refractivity contribution is -0.109. The lowest BCUT2D eigenvalue weighted by Gasteiger charge is -2.32. The number of aromatic hydroxyl groups is 1. The SMILES string of the molecule is Cc1ccnc(N(C=O)CC(C)(C)NOC(C)n2ccc3cc(O)cnc32)c1. The third-order valence-corrected chi connectivity index (χ3v) is 4.33. The monoisotopic (exact) mass is 383 g/mol. The van der Waals surface area contributed by atoms with Crippen molar-refractivity contribution in [1.29, 1.82) is 0 Å². The first-order valence-electron chi connectivity index (χ1n) is 9.02. The van der Waals surface area contributed by atoms with Gasteiger partial charge in [0.1, 0.15) is 17.2 Å². The van der Waals surface area contributed by atoms with Crippen molar-refractivity contribution in [3.05, 3.63) is 48.4 Å². The average Bonchev–Trinajstić information content (AvgIpc) is 3.07. The zero-order chi connectivity index (χ0) is 20.3. The normalized spacial score (nSPS) is 12.9. The molecule has 0 saturated carbocycles. The average molecular weight is 383 g/mol. The van der Waals surface area contributed by atoms with Crippen LogP contribution < -0.4 is 10.4 Å². The molecule has 1 atom stereocenters. The first-order valence-corrected chi connectivity index (χ1v) is 9.02. The Morgan fingerprint density at radius 3 is 2.86 bits per heavy atom. The summed E-state index contributed by atoms with van der Waals surface area (Å²) in [6, 6.07) is 7.27. The highest BCUT2D eigenvalue weighted by atomic mass is 16.7. The van der Waals surface area contributed by atoms with Gasteiger partial charge in [-0.15, -0.1) is 0 Å². The summed E-state index contributed by atoms with van der Waals surface area (Å²) in [6.07, 6.45) is 5.35. The smallest absolute Gasteiger partial charge is 0.215 e. The van der Waals surface area contributed by atoms with Gasteiger partial charge >= 0.3 is 0 Å². The van der Waals surface area contributed by atoms with E-state index in [4.69, 9.17) is 4.84 Å². The van der Waals surface area contributed by atoms with E-state index in [1.54, 1.807) is 17.2 Å². The number of fused-ring (bicyclic) bond motifs is 1. The highest BCUT2D eigenvalue weighted by molar-refractivity contribution is 5.77. The molecule has 0 spiro atoms. The summed E-state index contributed by atoms with van der Waals surface area (Å²) in [5.41, 5.74) is 4.26. The quantitative estimate of drug-likeness (QED) is 0.459. The second-order valence-corrected chi connectivity index (χ2v) is 7.46. The molecule has 1 amide bonds. The zero-order valence-electron chi connectivity index (χ0n) is 16.5. The Morgan fingerprint density at radius 2 is 2.14 bits per heavy atom. The maximum atomic E-state index is 11.6. The molecule has 0 aliphatic rings. The number of carbonyl (C=O) groups is 1. The summed E-state index contributed by atoms with van der Waals surface area (Å²) in [5.74, 6) is 0.718. The maximum Gasteiger partial charge on any atom is 0.215 e. The number of rotatable bonds is 8. The van der Waals surface area contributed by atoms with Crippen LogP contribution in [0.5, 0.6) is 5.75 Å². The summed E-state index contributed by atoms with van der Waals surface area (Å²) in [5, 5.41) is 10.4. The molecule has 0 aliphatic carbocycles. The highest BCUT2D eigenvalue weighted by Gasteiger charge is 2.24. The molecule has 0 aliphatic heterocycles.